The maximum atomic E-state index is 12.5. The molecule has 28 heavy (non-hydrogen) atoms. The third-order valence-corrected chi connectivity index (χ3v) is 4.92. The van der Waals surface area contributed by atoms with Crippen molar-refractivity contribution < 1.29 is 14.3 Å². The van der Waals surface area contributed by atoms with Crippen LogP contribution < -0.4 is 9.47 Å². The molecule has 146 valence electrons. The van der Waals surface area contributed by atoms with Crippen LogP contribution in [-0.4, -0.2) is 77.1 Å². The second-order valence-corrected chi connectivity index (χ2v) is 6.65. The molecular formula is C20H23N5O3. The number of H-pyrrole nitrogens is 1. The van der Waals surface area contributed by atoms with Crippen LogP contribution in [0.3, 0.4) is 0 Å². The molecule has 4 rings (SSSR count). The Morgan fingerprint density at radius 1 is 1.14 bits per heavy atom. The fourth-order valence-corrected chi connectivity index (χ4v) is 3.28. The van der Waals surface area contributed by atoms with Crippen LogP contribution in [0.25, 0.3) is 10.9 Å². The molecule has 3 heterocycles. The lowest BCUT2D eigenvalue weighted by molar-refractivity contribution is 0.0614. The van der Waals surface area contributed by atoms with Crippen molar-refractivity contribution in [3.8, 4) is 11.6 Å². The Morgan fingerprint density at radius 3 is 2.75 bits per heavy atom. The van der Waals surface area contributed by atoms with E-state index in [9.17, 15) is 4.79 Å². The number of carbonyl (C=O) groups excluding carboxylic acids is 1. The van der Waals surface area contributed by atoms with Gasteiger partial charge >= 0.3 is 0 Å². The quantitative estimate of drug-likeness (QED) is 0.701. The van der Waals surface area contributed by atoms with Gasteiger partial charge in [-0.1, -0.05) is 0 Å². The van der Waals surface area contributed by atoms with E-state index in [2.05, 4.69) is 19.9 Å². The van der Waals surface area contributed by atoms with Gasteiger partial charge in [-0.3, -0.25) is 9.69 Å². The molecular weight excluding hydrogens is 358 g/mol. The number of hydrogen-bond acceptors (Lipinski definition) is 6. The summed E-state index contributed by atoms with van der Waals surface area (Å²) in [6.45, 7) is 4.41. The van der Waals surface area contributed by atoms with E-state index in [0.29, 0.717) is 31.3 Å². The monoisotopic (exact) mass is 381 g/mol. The Morgan fingerprint density at radius 2 is 2.00 bits per heavy atom. The molecule has 1 amide bonds. The topological polar surface area (TPSA) is 83.6 Å². The first-order chi connectivity index (χ1) is 13.7. The van der Waals surface area contributed by atoms with Crippen LogP contribution in [0, 0.1) is 0 Å². The number of methoxy groups -OCH3 is 1. The van der Waals surface area contributed by atoms with E-state index in [1.165, 1.54) is 19.5 Å². The zero-order valence-electron chi connectivity index (χ0n) is 15.8. The van der Waals surface area contributed by atoms with Crippen molar-refractivity contribution >= 4 is 16.8 Å². The summed E-state index contributed by atoms with van der Waals surface area (Å²) in [5.74, 6) is 1.18. The average Bonchev–Trinajstić information content (AvgIpc) is 3.22. The predicted octanol–water partition coefficient (Wildman–Crippen LogP) is 1.80. The number of benzene rings is 1. The largest absolute Gasteiger partial charge is 0.492 e. The summed E-state index contributed by atoms with van der Waals surface area (Å²) in [7, 11) is 1.52. The molecule has 8 nitrogen and oxygen atoms in total. The normalized spacial score (nSPS) is 15.0. The molecule has 0 unspecified atom stereocenters. The second-order valence-electron chi connectivity index (χ2n) is 6.65. The summed E-state index contributed by atoms with van der Waals surface area (Å²) in [4.78, 5) is 28.0. The van der Waals surface area contributed by atoms with Gasteiger partial charge in [-0.05, 0) is 24.3 Å². The summed E-state index contributed by atoms with van der Waals surface area (Å²) < 4.78 is 10.9. The number of nitrogens with zero attached hydrogens (tertiary/aromatic N) is 4. The van der Waals surface area contributed by atoms with Crippen LogP contribution >= 0.6 is 0 Å². The van der Waals surface area contributed by atoms with Gasteiger partial charge in [0, 0.05) is 49.8 Å². The Balaban J connectivity index is 1.23. The number of amides is 1. The van der Waals surface area contributed by atoms with Crippen LogP contribution in [0.1, 0.15) is 10.5 Å². The Hall–Kier alpha value is -3.13. The van der Waals surface area contributed by atoms with Gasteiger partial charge in [-0.15, -0.1) is 0 Å². The molecule has 1 aliphatic rings. The number of carbonyl (C=O) groups is 1. The molecule has 1 aliphatic heterocycles. The number of fused-ring (bicyclic) bond motifs is 1. The summed E-state index contributed by atoms with van der Waals surface area (Å²) >= 11 is 0. The van der Waals surface area contributed by atoms with Crippen molar-refractivity contribution in [2.75, 3.05) is 46.4 Å². The molecule has 0 bridgehead atoms. The maximum absolute atomic E-state index is 12.5. The summed E-state index contributed by atoms with van der Waals surface area (Å²) in [5.41, 5.74) is 1.45. The number of ether oxygens (including phenoxy) is 2. The zero-order valence-corrected chi connectivity index (χ0v) is 15.8. The van der Waals surface area contributed by atoms with Gasteiger partial charge in [-0.25, -0.2) is 9.97 Å². The molecule has 0 aliphatic carbocycles. The van der Waals surface area contributed by atoms with Crippen LogP contribution in [0.5, 0.6) is 11.6 Å². The van der Waals surface area contributed by atoms with Crippen molar-refractivity contribution in [2.24, 2.45) is 0 Å². The van der Waals surface area contributed by atoms with Crippen molar-refractivity contribution in [1.29, 1.82) is 0 Å². The maximum Gasteiger partial charge on any atom is 0.274 e. The molecule has 0 saturated carbocycles. The molecule has 0 spiro atoms. The first-order valence-electron chi connectivity index (χ1n) is 9.30. The first kappa shape index (κ1) is 18.2. The smallest absolute Gasteiger partial charge is 0.274 e. The van der Waals surface area contributed by atoms with Crippen molar-refractivity contribution in [3.05, 3.63) is 48.5 Å². The number of aromatic amines is 1. The first-order valence-corrected chi connectivity index (χ1v) is 9.30. The van der Waals surface area contributed by atoms with Crippen LogP contribution in [0.15, 0.2) is 42.9 Å². The second kappa shape index (κ2) is 8.26. The minimum atomic E-state index is -0.0918. The number of rotatable bonds is 6. The van der Waals surface area contributed by atoms with Crippen molar-refractivity contribution in [3.63, 3.8) is 0 Å². The van der Waals surface area contributed by atoms with Crippen LogP contribution in [0.2, 0.25) is 0 Å². The Bertz CT molecular complexity index is 932. The standard InChI is InChI=1S/C20H23N5O3/c1-27-19-14-22-18(13-23-19)20(26)25-8-6-24(7-9-25)10-11-28-16-2-3-17-15(12-16)4-5-21-17/h2-5,12-14,21H,6-11H2,1H3. The minimum Gasteiger partial charge on any atom is -0.492 e. The Labute approximate surface area is 163 Å². The van der Waals surface area contributed by atoms with Gasteiger partial charge in [0.25, 0.3) is 5.91 Å². The van der Waals surface area contributed by atoms with E-state index < -0.39 is 0 Å². The van der Waals surface area contributed by atoms with Gasteiger partial charge < -0.3 is 19.4 Å². The fraction of sp³-hybridized carbons (Fsp3) is 0.350. The number of hydrogen-bond donors (Lipinski definition) is 1. The zero-order chi connectivity index (χ0) is 19.3. The molecule has 2 aromatic heterocycles. The van der Waals surface area contributed by atoms with E-state index >= 15 is 0 Å². The highest BCUT2D eigenvalue weighted by Crippen LogP contribution is 2.19. The minimum absolute atomic E-state index is 0.0918. The number of piperazine rings is 1. The molecule has 0 atom stereocenters. The fourth-order valence-electron chi connectivity index (χ4n) is 3.28. The SMILES string of the molecule is COc1cnc(C(=O)N2CCN(CCOc3ccc4[nH]ccc4c3)CC2)cn1. The number of nitrogens with one attached hydrogen (secondary N) is 1. The molecule has 1 N–H and O–H groups in total. The van der Waals surface area contributed by atoms with Crippen molar-refractivity contribution in [1.82, 2.24) is 24.8 Å². The molecule has 1 aromatic carbocycles. The van der Waals surface area contributed by atoms with E-state index in [1.54, 1.807) is 0 Å². The summed E-state index contributed by atoms with van der Waals surface area (Å²) in [5, 5.41) is 1.14. The average molecular weight is 381 g/mol. The van der Waals surface area contributed by atoms with Gasteiger partial charge in [0.05, 0.1) is 19.5 Å². The van der Waals surface area contributed by atoms with Crippen LogP contribution in [0.4, 0.5) is 0 Å². The molecule has 1 fully saturated rings. The van der Waals surface area contributed by atoms with Crippen LogP contribution in [-0.2, 0) is 0 Å². The van der Waals surface area contributed by atoms with E-state index in [-0.39, 0.29) is 5.91 Å². The third-order valence-electron chi connectivity index (χ3n) is 4.92. The van der Waals surface area contributed by atoms with Gasteiger partial charge in [0.2, 0.25) is 5.88 Å². The van der Waals surface area contributed by atoms with E-state index in [1.807, 2.05) is 35.4 Å². The van der Waals surface area contributed by atoms with E-state index in [0.717, 1.165) is 36.3 Å². The lowest BCUT2D eigenvalue weighted by atomic mass is 10.2. The molecule has 3 aromatic rings. The number of aromatic nitrogens is 3. The highest BCUT2D eigenvalue weighted by Gasteiger charge is 2.23. The van der Waals surface area contributed by atoms with Crippen molar-refractivity contribution in [2.45, 2.75) is 0 Å². The van der Waals surface area contributed by atoms with Gasteiger partial charge in [0.1, 0.15) is 18.1 Å². The van der Waals surface area contributed by atoms with Gasteiger partial charge in [-0.2, -0.15) is 0 Å². The van der Waals surface area contributed by atoms with Gasteiger partial charge in [0.15, 0.2) is 0 Å². The summed E-state index contributed by atoms with van der Waals surface area (Å²) in [6, 6.07) is 8.08. The molecule has 0 radical (unpaired) electrons. The van der Waals surface area contributed by atoms with E-state index in [4.69, 9.17) is 9.47 Å². The molecule has 1 saturated heterocycles. The highest BCUT2D eigenvalue weighted by atomic mass is 16.5. The summed E-state index contributed by atoms with van der Waals surface area (Å²) in [6.07, 6.45) is 4.85. The highest BCUT2D eigenvalue weighted by molar-refractivity contribution is 5.92. The lowest BCUT2D eigenvalue weighted by Gasteiger charge is -2.34. The lowest BCUT2D eigenvalue weighted by Crippen LogP contribution is -2.49. The molecule has 8 heteroatoms. The third kappa shape index (κ3) is 4.07. The Kier molecular flexibility index (Phi) is 5.38. The predicted molar refractivity (Wildman–Crippen MR) is 105 cm³/mol.